The van der Waals surface area contributed by atoms with Gasteiger partial charge in [-0.05, 0) is 36.8 Å². The van der Waals surface area contributed by atoms with E-state index >= 15 is 0 Å². The van der Waals surface area contributed by atoms with Gasteiger partial charge in [-0.3, -0.25) is 0 Å². The first-order chi connectivity index (χ1) is 10.3. The fourth-order valence-corrected chi connectivity index (χ4v) is 3.86. The lowest BCUT2D eigenvalue weighted by Gasteiger charge is -2.19. The second-order valence-electron chi connectivity index (χ2n) is 5.58. The zero-order chi connectivity index (χ0) is 16.8. The van der Waals surface area contributed by atoms with Crippen molar-refractivity contribution >= 4 is 21.6 Å². The summed E-state index contributed by atoms with van der Waals surface area (Å²) in [6, 6.07) is 6.16. The van der Waals surface area contributed by atoms with Crippen molar-refractivity contribution < 1.29 is 13.5 Å². The molecule has 1 rings (SSSR count). The smallest absolute Gasteiger partial charge is 0.241 e. The van der Waals surface area contributed by atoms with E-state index in [2.05, 4.69) is 4.72 Å². The van der Waals surface area contributed by atoms with Crippen LogP contribution in [-0.2, 0) is 10.0 Å². The number of aliphatic hydroxyl groups is 1. The van der Waals surface area contributed by atoms with Crippen LogP contribution in [0.1, 0.15) is 32.3 Å². The summed E-state index contributed by atoms with van der Waals surface area (Å²) in [5.41, 5.74) is -0.0563. The highest BCUT2D eigenvalue weighted by Gasteiger charge is 2.22. The second-order valence-corrected chi connectivity index (χ2v) is 7.73. The molecule has 0 aromatic heterocycles. The molecule has 0 aliphatic heterocycles. The average Bonchev–Trinajstić information content (AvgIpc) is 2.44. The number of hydrogen-bond acceptors (Lipinski definition) is 4. The summed E-state index contributed by atoms with van der Waals surface area (Å²) in [4.78, 5) is -0.116. The quantitative estimate of drug-likeness (QED) is 0.758. The molecular formula is C15H21ClN2O3S. The van der Waals surface area contributed by atoms with Crippen LogP contribution in [0.25, 0.3) is 0 Å². The van der Waals surface area contributed by atoms with Gasteiger partial charge in [-0.1, -0.05) is 31.5 Å². The summed E-state index contributed by atoms with van der Waals surface area (Å²) in [5.74, 6) is 0.450. The number of hydrogen-bond donors (Lipinski definition) is 2. The van der Waals surface area contributed by atoms with Gasteiger partial charge in [-0.2, -0.15) is 5.26 Å². The van der Waals surface area contributed by atoms with E-state index in [-0.39, 0.29) is 34.6 Å². The van der Waals surface area contributed by atoms with E-state index in [1.807, 2.05) is 19.9 Å². The minimum Gasteiger partial charge on any atom is -0.396 e. The summed E-state index contributed by atoms with van der Waals surface area (Å²) in [6.07, 6.45) is 1.34. The lowest BCUT2D eigenvalue weighted by Crippen LogP contribution is -2.31. The molecule has 0 saturated carbocycles. The molecule has 0 aliphatic rings. The molecule has 1 unspecified atom stereocenters. The Labute approximate surface area is 137 Å². The third kappa shape index (κ3) is 5.25. The molecule has 0 amide bonds. The van der Waals surface area contributed by atoms with Gasteiger partial charge in [0.05, 0.1) is 10.6 Å². The fourth-order valence-electron chi connectivity index (χ4n) is 2.29. The predicted octanol–water partition coefficient (Wildman–Crippen LogP) is 2.53. The molecule has 1 aromatic carbocycles. The Hall–Kier alpha value is -1.13. The Morgan fingerprint density at radius 3 is 2.64 bits per heavy atom. The lowest BCUT2D eigenvalue weighted by molar-refractivity contribution is 0.243. The molecule has 0 saturated heterocycles. The number of nitrogens with zero attached hydrogens (tertiary/aromatic N) is 1. The van der Waals surface area contributed by atoms with Gasteiger partial charge in [0, 0.05) is 13.2 Å². The molecule has 0 fully saturated rings. The van der Waals surface area contributed by atoms with Crippen LogP contribution in [0.4, 0.5) is 0 Å². The van der Waals surface area contributed by atoms with Crippen molar-refractivity contribution in [2.24, 2.45) is 11.8 Å². The number of nitrogens with one attached hydrogen (secondary N) is 1. The van der Waals surface area contributed by atoms with Crippen LogP contribution in [0.3, 0.4) is 0 Å². The molecule has 0 heterocycles. The van der Waals surface area contributed by atoms with E-state index in [0.717, 1.165) is 6.42 Å². The van der Waals surface area contributed by atoms with Gasteiger partial charge in [0.1, 0.15) is 11.0 Å². The first kappa shape index (κ1) is 18.9. The van der Waals surface area contributed by atoms with Crippen molar-refractivity contribution in [1.82, 2.24) is 4.72 Å². The highest BCUT2D eigenvalue weighted by Crippen LogP contribution is 2.23. The molecule has 2 N–H and O–H groups in total. The Balaban J connectivity index is 2.92. The van der Waals surface area contributed by atoms with Crippen LogP contribution in [-0.4, -0.2) is 26.7 Å². The molecule has 5 nitrogen and oxygen atoms in total. The number of benzene rings is 1. The van der Waals surface area contributed by atoms with Crippen LogP contribution < -0.4 is 4.72 Å². The van der Waals surface area contributed by atoms with E-state index in [1.54, 1.807) is 0 Å². The zero-order valence-electron chi connectivity index (χ0n) is 12.7. The van der Waals surface area contributed by atoms with Gasteiger partial charge in [0.25, 0.3) is 0 Å². The average molecular weight is 345 g/mol. The van der Waals surface area contributed by atoms with Crippen molar-refractivity contribution in [2.45, 2.75) is 31.6 Å². The maximum Gasteiger partial charge on any atom is 0.241 e. The topological polar surface area (TPSA) is 90.2 Å². The van der Waals surface area contributed by atoms with Crippen molar-refractivity contribution in [1.29, 1.82) is 5.26 Å². The normalized spacial score (nSPS) is 13.1. The third-order valence-electron chi connectivity index (χ3n) is 3.28. The first-order valence-electron chi connectivity index (χ1n) is 7.11. The SMILES string of the molecule is CC(C)CC(CCO)CNS(=O)(=O)c1cccc(Cl)c1C#N. The summed E-state index contributed by atoms with van der Waals surface area (Å²) in [7, 11) is -3.81. The van der Waals surface area contributed by atoms with E-state index in [1.165, 1.54) is 18.2 Å². The second kappa shape index (κ2) is 8.49. The summed E-state index contributed by atoms with van der Waals surface area (Å²) >= 11 is 5.87. The van der Waals surface area contributed by atoms with Crippen molar-refractivity contribution in [3.05, 3.63) is 28.8 Å². The fraction of sp³-hybridized carbons (Fsp3) is 0.533. The van der Waals surface area contributed by atoms with Crippen LogP contribution >= 0.6 is 11.6 Å². The number of nitriles is 1. The van der Waals surface area contributed by atoms with Gasteiger partial charge in [-0.25, -0.2) is 13.1 Å². The van der Waals surface area contributed by atoms with Crippen LogP contribution in [0.5, 0.6) is 0 Å². The number of halogens is 1. The first-order valence-corrected chi connectivity index (χ1v) is 8.97. The van der Waals surface area contributed by atoms with Crippen molar-refractivity contribution in [3.63, 3.8) is 0 Å². The van der Waals surface area contributed by atoms with Gasteiger partial charge < -0.3 is 5.11 Å². The summed E-state index contributed by atoms with van der Waals surface area (Å²) in [5, 5.41) is 18.3. The van der Waals surface area contributed by atoms with Gasteiger partial charge in [0.2, 0.25) is 10.0 Å². The Bertz CT molecular complexity index is 639. The molecule has 122 valence electrons. The monoisotopic (exact) mass is 344 g/mol. The minimum atomic E-state index is -3.81. The van der Waals surface area contributed by atoms with Crippen LogP contribution in [0, 0.1) is 23.2 Å². The van der Waals surface area contributed by atoms with Crippen LogP contribution in [0.15, 0.2) is 23.1 Å². The van der Waals surface area contributed by atoms with E-state index in [4.69, 9.17) is 22.0 Å². The molecule has 0 radical (unpaired) electrons. The molecular weight excluding hydrogens is 324 g/mol. The van der Waals surface area contributed by atoms with Crippen molar-refractivity contribution in [3.8, 4) is 6.07 Å². The van der Waals surface area contributed by atoms with Gasteiger partial charge >= 0.3 is 0 Å². The van der Waals surface area contributed by atoms with Crippen LogP contribution in [0.2, 0.25) is 5.02 Å². The number of sulfonamides is 1. The third-order valence-corrected chi connectivity index (χ3v) is 5.06. The standard InChI is InChI=1S/C15H21ClN2O3S/c1-11(2)8-12(6-7-19)10-18-22(20,21)15-5-3-4-14(16)13(15)9-17/h3-5,11-12,18-19H,6-8,10H2,1-2H3. The Morgan fingerprint density at radius 2 is 2.09 bits per heavy atom. The predicted molar refractivity (Wildman–Crippen MR) is 86.0 cm³/mol. The molecule has 1 atom stereocenters. The molecule has 22 heavy (non-hydrogen) atoms. The minimum absolute atomic E-state index is 0.0136. The van der Waals surface area contributed by atoms with E-state index in [0.29, 0.717) is 12.3 Å². The molecule has 0 bridgehead atoms. The Morgan fingerprint density at radius 1 is 1.41 bits per heavy atom. The Kier molecular flexibility index (Phi) is 7.30. The maximum absolute atomic E-state index is 12.4. The lowest BCUT2D eigenvalue weighted by atomic mass is 9.95. The molecule has 0 aliphatic carbocycles. The zero-order valence-corrected chi connectivity index (χ0v) is 14.3. The number of aliphatic hydroxyl groups excluding tert-OH is 1. The molecule has 0 spiro atoms. The molecule has 7 heteroatoms. The van der Waals surface area contributed by atoms with E-state index in [9.17, 15) is 8.42 Å². The molecule has 1 aromatic rings. The van der Waals surface area contributed by atoms with Gasteiger partial charge in [-0.15, -0.1) is 0 Å². The maximum atomic E-state index is 12.4. The summed E-state index contributed by atoms with van der Waals surface area (Å²) in [6.45, 7) is 4.32. The van der Waals surface area contributed by atoms with Gasteiger partial charge in [0.15, 0.2) is 0 Å². The highest BCUT2D eigenvalue weighted by molar-refractivity contribution is 7.89. The summed E-state index contributed by atoms with van der Waals surface area (Å²) < 4.78 is 27.3. The highest BCUT2D eigenvalue weighted by atomic mass is 35.5. The van der Waals surface area contributed by atoms with Crippen molar-refractivity contribution in [2.75, 3.05) is 13.2 Å². The van der Waals surface area contributed by atoms with E-state index < -0.39 is 10.0 Å². The largest absolute Gasteiger partial charge is 0.396 e. The number of rotatable bonds is 8.